The van der Waals surface area contributed by atoms with Crippen molar-refractivity contribution in [1.82, 2.24) is 5.32 Å². The summed E-state index contributed by atoms with van der Waals surface area (Å²) >= 11 is 0. The maximum atomic E-state index is 14.2. The number of phenolic OH excluding ortho intramolecular Hbond substituents is 1. The van der Waals surface area contributed by atoms with Gasteiger partial charge in [-0.3, -0.25) is 4.79 Å². The van der Waals surface area contributed by atoms with Crippen LogP contribution in [0.2, 0.25) is 0 Å². The van der Waals surface area contributed by atoms with E-state index < -0.39 is 0 Å². The summed E-state index contributed by atoms with van der Waals surface area (Å²) in [5.74, 6) is 0.0658. The average Bonchev–Trinajstić information content (AvgIpc) is 3.09. The van der Waals surface area contributed by atoms with Gasteiger partial charge in [-0.2, -0.15) is 0 Å². The Bertz CT molecular complexity index is 1270. The van der Waals surface area contributed by atoms with Crippen LogP contribution in [0.5, 0.6) is 17.2 Å². The number of ether oxygens (including phenoxy) is 2. The van der Waals surface area contributed by atoms with Gasteiger partial charge in [0.05, 0.1) is 20.6 Å². The van der Waals surface area contributed by atoms with Crippen molar-refractivity contribution in [2.45, 2.75) is 13.3 Å². The number of carbonyl (C=O) groups excluding carboxylic acids is 1. The van der Waals surface area contributed by atoms with Gasteiger partial charge < -0.3 is 19.9 Å². The van der Waals surface area contributed by atoms with Gasteiger partial charge in [0.25, 0.3) is 0 Å². The van der Waals surface area contributed by atoms with Crippen molar-refractivity contribution < 1.29 is 23.8 Å². The molecule has 0 aromatic heterocycles. The summed E-state index contributed by atoms with van der Waals surface area (Å²) in [4.78, 5) is 12.5. The molecule has 0 atom stereocenters. The molecule has 0 bridgehead atoms. The lowest BCUT2D eigenvalue weighted by molar-refractivity contribution is -0.120. The molecule has 1 amide bonds. The highest BCUT2D eigenvalue weighted by molar-refractivity contribution is 6.06. The van der Waals surface area contributed by atoms with Crippen LogP contribution in [-0.2, 0) is 11.2 Å². The number of hydrogen-bond donors (Lipinski definition) is 2. The summed E-state index contributed by atoms with van der Waals surface area (Å²) < 4.78 is 24.7. The number of phenols is 1. The van der Waals surface area contributed by atoms with Crippen molar-refractivity contribution >= 4 is 23.1 Å². The number of allylic oxidation sites excluding steroid dienone is 2. The Morgan fingerprint density at radius 3 is 2.32 bits per heavy atom. The van der Waals surface area contributed by atoms with Crippen molar-refractivity contribution in [1.29, 1.82) is 0 Å². The van der Waals surface area contributed by atoms with Crippen LogP contribution in [0.4, 0.5) is 4.39 Å². The second kappa shape index (κ2) is 9.83. The van der Waals surface area contributed by atoms with Crippen LogP contribution in [0.1, 0.15) is 29.2 Å². The summed E-state index contributed by atoms with van der Waals surface area (Å²) in [5.41, 5.74) is 6.01. The molecule has 174 valence electrons. The van der Waals surface area contributed by atoms with E-state index in [1.165, 1.54) is 26.4 Å². The lowest BCUT2D eigenvalue weighted by Crippen LogP contribution is -2.26. The molecule has 0 saturated carbocycles. The van der Waals surface area contributed by atoms with E-state index >= 15 is 0 Å². The predicted molar refractivity (Wildman–Crippen MR) is 131 cm³/mol. The molecule has 5 nitrogen and oxygen atoms in total. The molecule has 1 aliphatic rings. The van der Waals surface area contributed by atoms with E-state index in [9.17, 15) is 14.3 Å². The van der Waals surface area contributed by atoms with Gasteiger partial charge in [-0.05, 0) is 76.2 Å². The molecule has 0 heterocycles. The number of benzene rings is 3. The standard InChI is InChI=1S/C28H26FNO4/c1-17-22(11-19-12-25(33-2)28(32)26(13-19)34-3)21-10-9-20(29)15-23(21)24(17)16-30-27(31)14-18-7-5-4-6-8-18/h4-13,15,32H,14,16H2,1-3H3,(H,30,31)/b22-11-. The first-order valence-electron chi connectivity index (χ1n) is 10.9. The minimum Gasteiger partial charge on any atom is -0.502 e. The van der Waals surface area contributed by atoms with Gasteiger partial charge in [0.2, 0.25) is 11.7 Å². The smallest absolute Gasteiger partial charge is 0.224 e. The Kier molecular flexibility index (Phi) is 6.68. The van der Waals surface area contributed by atoms with Gasteiger partial charge in [-0.25, -0.2) is 4.39 Å². The molecule has 4 rings (SSSR count). The van der Waals surface area contributed by atoms with Crippen LogP contribution in [0, 0.1) is 5.82 Å². The van der Waals surface area contributed by atoms with E-state index in [0.29, 0.717) is 11.5 Å². The Morgan fingerprint density at radius 1 is 1.00 bits per heavy atom. The minimum absolute atomic E-state index is 0.0740. The second-order valence-corrected chi connectivity index (χ2v) is 8.06. The summed E-state index contributed by atoms with van der Waals surface area (Å²) in [6.07, 6.45) is 2.22. The molecule has 3 aromatic carbocycles. The van der Waals surface area contributed by atoms with Gasteiger partial charge in [-0.1, -0.05) is 36.4 Å². The van der Waals surface area contributed by atoms with E-state index in [1.54, 1.807) is 18.2 Å². The molecule has 3 aromatic rings. The van der Waals surface area contributed by atoms with Crippen molar-refractivity contribution in [2.75, 3.05) is 20.8 Å². The summed E-state index contributed by atoms with van der Waals surface area (Å²) in [5, 5.41) is 13.2. The van der Waals surface area contributed by atoms with Crippen LogP contribution in [0.3, 0.4) is 0 Å². The fourth-order valence-corrected chi connectivity index (χ4v) is 4.18. The Balaban J connectivity index is 1.67. The molecule has 0 unspecified atom stereocenters. The normalized spacial score (nSPS) is 13.7. The second-order valence-electron chi connectivity index (χ2n) is 8.06. The summed E-state index contributed by atoms with van der Waals surface area (Å²) in [6, 6.07) is 17.6. The van der Waals surface area contributed by atoms with E-state index in [4.69, 9.17) is 9.47 Å². The Hall–Kier alpha value is -4.06. The number of rotatable bonds is 7. The zero-order chi connectivity index (χ0) is 24.2. The van der Waals surface area contributed by atoms with Gasteiger partial charge in [-0.15, -0.1) is 0 Å². The highest BCUT2D eigenvalue weighted by Gasteiger charge is 2.25. The third kappa shape index (κ3) is 4.66. The number of nitrogens with one attached hydrogen (secondary N) is 1. The molecule has 0 radical (unpaired) electrons. The first kappa shape index (κ1) is 23.1. The van der Waals surface area contributed by atoms with Gasteiger partial charge in [0.1, 0.15) is 5.82 Å². The number of aromatic hydroxyl groups is 1. The van der Waals surface area contributed by atoms with Gasteiger partial charge in [0.15, 0.2) is 11.5 Å². The maximum Gasteiger partial charge on any atom is 0.224 e. The molecule has 0 saturated heterocycles. The van der Waals surface area contributed by atoms with Gasteiger partial charge >= 0.3 is 0 Å². The largest absolute Gasteiger partial charge is 0.502 e. The number of fused-ring (bicyclic) bond motifs is 1. The molecule has 2 N–H and O–H groups in total. The topological polar surface area (TPSA) is 67.8 Å². The third-order valence-electron chi connectivity index (χ3n) is 5.94. The Morgan fingerprint density at radius 2 is 1.68 bits per heavy atom. The predicted octanol–water partition coefficient (Wildman–Crippen LogP) is 5.24. The van der Waals surface area contributed by atoms with Crippen molar-refractivity contribution in [2.24, 2.45) is 0 Å². The number of carbonyl (C=O) groups is 1. The molecule has 0 aliphatic heterocycles. The van der Waals surface area contributed by atoms with E-state index in [2.05, 4.69) is 5.32 Å². The first-order chi connectivity index (χ1) is 16.4. The van der Waals surface area contributed by atoms with E-state index in [-0.39, 0.29) is 30.4 Å². The molecular weight excluding hydrogens is 433 g/mol. The minimum atomic E-state index is -0.339. The van der Waals surface area contributed by atoms with Crippen LogP contribution in [0.15, 0.2) is 66.2 Å². The lowest BCUT2D eigenvalue weighted by Gasteiger charge is -2.11. The van der Waals surface area contributed by atoms with Crippen molar-refractivity contribution in [3.8, 4) is 17.2 Å². The fraction of sp³-hybridized carbons (Fsp3) is 0.179. The maximum absolute atomic E-state index is 14.2. The highest BCUT2D eigenvalue weighted by atomic mass is 19.1. The first-order valence-corrected chi connectivity index (χ1v) is 10.9. The molecule has 34 heavy (non-hydrogen) atoms. The zero-order valence-corrected chi connectivity index (χ0v) is 19.3. The average molecular weight is 460 g/mol. The molecule has 0 spiro atoms. The van der Waals surface area contributed by atoms with Crippen molar-refractivity contribution in [3.05, 3.63) is 94.3 Å². The molecule has 1 aliphatic carbocycles. The monoisotopic (exact) mass is 459 g/mol. The highest BCUT2D eigenvalue weighted by Crippen LogP contribution is 2.44. The van der Waals surface area contributed by atoms with E-state index in [0.717, 1.165) is 39.0 Å². The number of amides is 1. The van der Waals surface area contributed by atoms with E-state index in [1.807, 2.05) is 43.3 Å². The molecule has 0 fully saturated rings. The molecule has 6 heteroatoms. The summed E-state index contributed by atoms with van der Waals surface area (Å²) in [6.45, 7) is 2.24. The number of hydrogen-bond acceptors (Lipinski definition) is 4. The Labute approximate surface area is 198 Å². The zero-order valence-electron chi connectivity index (χ0n) is 19.3. The third-order valence-corrected chi connectivity index (χ3v) is 5.94. The van der Waals surface area contributed by atoms with Crippen LogP contribution >= 0.6 is 0 Å². The van der Waals surface area contributed by atoms with Crippen LogP contribution in [0.25, 0.3) is 17.2 Å². The quantitative estimate of drug-likeness (QED) is 0.507. The van der Waals surface area contributed by atoms with Crippen LogP contribution < -0.4 is 14.8 Å². The number of halogens is 1. The molecular formula is C28H26FNO4. The number of methoxy groups -OCH3 is 2. The SMILES string of the molecule is COc1cc(/C=C2/C(C)=C(CNC(=O)Cc3ccccc3)c3cc(F)ccc32)cc(OC)c1O. The van der Waals surface area contributed by atoms with Crippen molar-refractivity contribution in [3.63, 3.8) is 0 Å². The summed E-state index contributed by atoms with van der Waals surface area (Å²) in [7, 11) is 2.95. The lowest BCUT2D eigenvalue weighted by atomic mass is 10.00. The van der Waals surface area contributed by atoms with Gasteiger partial charge in [0, 0.05) is 6.54 Å². The van der Waals surface area contributed by atoms with Crippen LogP contribution in [-0.4, -0.2) is 31.8 Å². The fourth-order valence-electron chi connectivity index (χ4n) is 4.18.